The molecule has 0 saturated carbocycles. The van der Waals surface area contributed by atoms with Crippen molar-refractivity contribution in [2.24, 2.45) is 0 Å². The molecule has 17 heavy (non-hydrogen) atoms. The highest BCUT2D eigenvalue weighted by Gasteiger charge is 2.21. The molecular formula is C12H20N4O. The maximum Gasteiger partial charge on any atom is 0.228 e. The first-order chi connectivity index (χ1) is 8.22. The van der Waals surface area contributed by atoms with Crippen molar-refractivity contribution in [2.75, 3.05) is 32.1 Å². The Kier molecular flexibility index (Phi) is 3.78. The van der Waals surface area contributed by atoms with Crippen LogP contribution in [-0.4, -0.2) is 43.3 Å². The highest BCUT2D eigenvalue weighted by atomic mass is 16.5. The van der Waals surface area contributed by atoms with Crippen LogP contribution in [0.25, 0.3) is 0 Å². The zero-order chi connectivity index (χ0) is 12.3. The summed E-state index contributed by atoms with van der Waals surface area (Å²) >= 11 is 0. The molecule has 0 amide bonds. The minimum absolute atomic E-state index is 0.527. The topological polar surface area (TPSA) is 50.3 Å². The first-order valence-corrected chi connectivity index (χ1v) is 6.05. The van der Waals surface area contributed by atoms with Crippen LogP contribution >= 0.6 is 0 Å². The third-order valence-electron chi connectivity index (χ3n) is 3.14. The molecule has 2 heterocycles. The largest absolute Gasteiger partial charge is 0.481 e. The number of hydrogen-bond acceptors (Lipinski definition) is 5. The molecule has 1 fully saturated rings. The summed E-state index contributed by atoms with van der Waals surface area (Å²) in [7, 11) is 3.64. The molecule has 94 valence electrons. The summed E-state index contributed by atoms with van der Waals surface area (Å²) in [4.78, 5) is 11.1. The van der Waals surface area contributed by atoms with Crippen molar-refractivity contribution in [2.45, 2.75) is 25.8 Å². The van der Waals surface area contributed by atoms with Gasteiger partial charge in [0.25, 0.3) is 0 Å². The number of piperidine rings is 1. The molecule has 1 aliphatic rings. The molecule has 1 aliphatic heterocycles. The molecular weight excluding hydrogens is 216 g/mol. The SMILES string of the molecule is CNC1CCCN(c2nc(C)cc(OC)n2)C1. The minimum Gasteiger partial charge on any atom is -0.481 e. The Hall–Kier alpha value is -1.36. The number of methoxy groups -OCH3 is 1. The van der Waals surface area contributed by atoms with Crippen LogP contribution in [0.1, 0.15) is 18.5 Å². The predicted octanol–water partition coefficient (Wildman–Crippen LogP) is 0.982. The van der Waals surface area contributed by atoms with E-state index in [0.717, 1.165) is 24.7 Å². The molecule has 0 bridgehead atoms. The van der Waals surface area contributed by atoms with Crippen molar-refractivity contribution in [1.29, 1.82) is 0 Å². The van der Waals surface area contributed by atoms with Crippen LogP contribution in [0.5, 0.6) is 5.88 Å². The fourth-order valence-electron chi connectivity index (χ4n) is 2.16. The summed E-state index contributed by atoms with van der Waals surface area (Å²) in [5, 5.41) is 3.32. The zero-order valence-electron chi connectivity index (χ0n) is 10.7. The van der Waals surface area contributed by atoms with Gasteiger partial charge in [0.2, 0.25) is 11.8 Å². The molecule has 1 saturated heterocycles. The first-order valence-electron chi connectivity index (χ1n) is 6.05. The normalized spacial score (nSPS) is 20.4. The van der Waals surface area contributed by atoms with Crippen molar-refractivity contribution in [3.05, 3.63) is 11.8 Å². The Bertz CT molecular complexity index is 383. The van der Waals surface area contributed by atoms with E-state index < -0.39 is 0 Å². The van der Waals surface area contributed by atoms with E-state index in [2.05, 4.69) is 20.2 Å². The predicted molar refractivity (Wildman–Crippen MR) is 67.6 cm³/mol. The average molecular weight is 236 g/mol. The third-order valence-corrected chi connectivity index (χ3v) is 3.14. The van der Waals surface area contributed by atoms with Crippen LogP contribution in [0.2, 0.25) is 0 Å². The maximum atomic E-state index is 5.19. The van der Waals surface area contributed by atoms with Crippen LogP contribution in [-0.2, 0) is 0 Å². The van der Waals surface area contributed by atoms with E-state index in [0.29, 0.717) is 11.9 Å². The summed E-state index contributed by atoms with van der Waals surface area (Å²) in [6.45, 7) is 3.95. The van der Waals surface area contributed by atoms with Crippen molar-refractivity contribution >= 4 is 5.95 Å². The smallest absolute Gasteiger partial charge is 0.228 e. The Morgan fingerprint density at radius 1 is 1.47 bits per heavy atom. The lowest BCUT2D eigenvalue weighted by Crippen LogP contribution is -2.45. The van der Waals surface area contributed by atoms with Gasteiger partial charge in [-0.15, -0.1) is 0 Å². The van der Waals surface area contributed by atoms with Gasteiger partial charge in [-0.3, -0.25) is 0 Å². The molecule has 1 unspecified atom stereocenters. The Labute approximate surface area is 102 Å². The number of likely N-dealkylation sites (N-methyl/N-ethyl adjacent to an activating group) is 1. The molecule has 5 nitrogen and oxygen atoms in total. The number of rotatable bonds is 3. The molecule has 1 N–H and O–H groups in total. The van der Waals surface area contributed by atoms with E-state index in [9.17, 15) is 0 Å². The van der Waals surface area contributed by atoms with Gasteiger partial charge in [-0.2, -0.15) is 4.98 Å². The highest BCUT2D eigenvalue weighted by molar-refractivity contribution is 5.35. The van der Waals surface area contributed by atoms with Crippen LogP contribution in [0, 0.1) is 6.92 Å². The van der Waals surface area contributed by atoms with E-state index in [1.165, 1.54) is 12.8 Å². The second kappa shape index (κ2) is 5.31. The maximum absolute atomic E-state index is 5.19. The lowest BCUT2D eigenvalue weighted by molar-refractivity contribution is 0.393. The number of nitrogens with one attached hydrogen (secondary N) is 1. The second-order valence-electron chi connectivity index (χ2n) is 4.43. The molecule has 0 radical (unpaired) electrons. The minimum atomic E-state index is 0.527. The van der Waals surface area contributed by atoms with E-state index in [1.807, 2.05) is 20.0 Å². The number of ether oxygens (including phenoxy) is 1. The number of hydrogen-bond donors (Lipinski definition) is 1. The molecule has 0 aliphatic carbocycles. The van der Waals surface area contributed by atoms with Gasteiger partial charge in [-0.25, -0.2) is 4.98 Å². The summed E-state index contributed by atoms with van der Waals surface area (Å²) in [6.07, 6.45) is 2.39. The van der Waals surface area contributed by atoms with E-state index in [-0.39, 0.29) is 0 Å². The van der Waals surface area contributed by atoms with Gasteiger partial charge in [0.15, 0.2) is 0 Å². The van der Waals surface area contributed by atoms with Crippen molar-refractivity contribution in [3.8, 4) is 5.88 Å². The number of nitrogens with zero attached hydrogens (tertiary/aromatic N) is 3. The van der Waals surface area contributed by atoms with Gasteiger partial charge in [0.1, 0.15) is 0 Å². The van der Waals surface area contributed by atoms with Gasteiger partial charge < -0.3 is 15.0 Å². The standard InChI is InChI=1S/C12H20N4O/c1-9-7-11(17-3)15-12(14-9)16-6-4-5-10(8-16)13-2/h7,10,13H,4-6,8H2,1-3H3. The van der Waals surface area contributed by atoms with Crippen molar-refractivity contribution in [1.82, 2.24) is 15.3 Å². The third kappa shape index (κ3) is 2.85. The van der Waals surface area contributed by atoms with E-state index >= 15 is 0 Å². The van der Waals surface area contributed by atoms with Crippen LogP contribution in [0.15, 0.2) is 6.07 Å². The number of anilines is 1. The lowest BCUT2D eigenvalue weighted by atomic mass is 10.1. The molecule has 0 spiro atoms. The average Bonchev–Trinajstić information content (AvgIpc) is 2.38. The second-order valence-corrected chi connectivity index (χ2v) is 4.43. The summed E-state index contributed by atoms with van der Waals surface area (Å²) in [5.74, 6) is 1.42. The Morgan fingerprint density at radius 3 is 3.00 bits per heavy atom. The molecule has 1 aromatic heterocycles. The summed E-state index contributed by atoms with van der Waals surface area (Å²) in [5.41, 5.74) is 0.943. The lowest BCUT2D eigenvalue weighted by Gasteiger charge is -2.32. The van der Waals surface area contributed by atoms with Gasteiger partial charge in [-0.1, -0.05) is 0 Å². The fraction of sp³-hybridized carbons (Fsp3) is 0.667. The number of aryl methyl sites for hydroxylation is 1. The quantitative estimate of drug-likeness (QED) is 0.848. The monoisotopic (exact) mass is 236 g/mol. The van der Waals surface area contributed by atoms with Gasteiger partial charge in [0.05, 0.1) is 7.11 Å². The van der Waals surface area contributed by atoms with Crippen LogP contribution in [0.4, 0.5) is 5.95 Å². The molecule has 0 aromatic carbocycles. The van der Waals surface area contributed by atoms with Crippen molar-refractivity contribution < 1.29 is 4.74 Å². The molecule has 1 atom stereocenters. The van der Waals surface area contributed by atoms with Gasteiger partial charge in [0, 0.05) is 30.9 Å². The van der Waals surface area contributed by atoms with Gasteiger partial charge >= 0.3 is 0 Å². The Balaban J connectivity index is 2.18. The molecule has 1 aromatic rings. The van der Waals surface area contributed by atoms with Gasteiger partial charge in [-0.05, 0) is 26.8 Å². The van der Waals surface area contributed by atoms with Crippen molar-refractivity contribution in [3.63, 3.8) is 0 Å². The summed E-state index contributed by atoms with van der Waals surface area (Å²) < 4.78 is 5.19. The first kappa shape index (κ1) is 12.1. The number of aromatic nitrogens is 2. The highest BCUT2D eigenvalue weighted by Crippen LogP contribution is 2.19. The Morgan fingerprint density at radius 2 is 2.29 bits per heavy atom. The fourth-order valence-corrected chi connectivity index (χ4v) is 2.16. The van der Waals surface area contributed by atoms with E-state index in [4.69, 9.17) is 4.74 Å². The zero-order valence-corrected chi connectivity index (χ0v) is 10.7. The molecule has 5 heteroatoms. The molecule has 2 rings (SSSR count). The van der Waals surface area contributed by atoms with Crippen LogP contribution in [0.3, 0.4) is 0 Å². The summed E-state index contributed by atoms with van der Waals surface area (Å²) in [6, 6.07) is 2.38. The van der Waals surface area contributed by atoms with E-state index in [1.54, 1.807) is 7.11 Å². The van der Waals surface area contributed by atoms with Crippen LogP contribution < -0.4 is 15.0 Å².